The first kappa shape index (κ1) is 20.4. The number of aryl methyl sites for hydroxylation is 1. The first-order chi connectivity index (χ1) is 14.7. The van der Waals surface area contributed by atoms with Crippen molar-refractivity contribution in [3.8, 4) is 0 Å². The van der Waals surface area contributed by atoms with Crippen molar-refractivity contribution in [1.29, 1.82) is 0 Å². The zero-order chi connectivity index (χ0) is 20.9. The summed E-state index contributed by atoms with van der Waals surface area (Å²) >= 11 is 0. The molecular weight excluding hydrogens is 380 g/mol. The Kier molecular flexibility index (Phi) is 6.30. The average Bonchev–Trinajstić information content (AvgIpc) is 3.22. The van der Waals surface area contributed by atoms with Gasteiger partial charge in [0.15, 0.2) is 0 Å². The molecule has 30 heavy (non-hydrogen) atoms. The van der Waals surface area contributed by atoms with Crippen LogP contribution in [-0.4, -0.2) is 46.7 Å². The number of nitrogens with zero attached hydrogens (tertiary/aromatic N) is 2. The third kappa shape index (κ3) is 4.17. The van der Waals surface area contributed by atoms with Gasteiger partial charge in [-0.25, -0.2) is 0 Å². The quantitative estimate of drug-likeness (QED) is 0.559. The van der Waals surface area contributed by atoms with E-state index in [2.05, 4.69) is 15.7 Å². The number of hydrogen-bond acceptors (Lipinski definition) is 5. The lowest BCUT2D eigenvalue weighted by Crippen LogP contribution is -2.33. The minimum absolute atomic E-state index is 0.172. The molecule has 2 heterocycles. The van der Waals surface area contributed by atoms with Crippen molar-refractivity contribution < 1.29 is 14.6 Å². The minimum atomic E-state index is -0.469. The smallest absolute Gasteiger partial charge is 0.253 e. The molecule has 0 bridgehead atoms. The highest BCUT2D eigenvalue weighted by molar-refractivity contribution is 6.07. The molecule has 2 aromatic carbocycles. The number of aliphatic hydroxyl groups is 1. The molecule has 0 spiro atoms. The van der Waals surface area contributed by atoms with Crippen LogP contribution in [0.2, 0.25) is 0 Å². The molecule has 0 aliphatic carbocycles. The van der Waals surface area contributed by atoms with Crippen molar-refractivity contribution in [3.05, 3.63) is 59.8 Å². The first-order valence-corrected chi connectivity index (χ1v) is 10.5. The Morgan fingerprint density at radius 1 is 1.23 bits per heavy atom. The van der Waals surface area contributed by atoms with Crippen LogP contribution >= 0.6 is 0 Å². The Morgan fingerprint density at radius 2 is 2.00 bits per heavy atom. The van der Waals surface area contributed by atoms with Gasteiger partial charge in [-0.15, -0.1) is 0 Å². The second-order valence-electron chi connectivity index (χ2n) is 7.53. The fraction of sp³-hybridized carbons (Fsp3) is 0.391. The van der Waals surface area contributed by atoms with Gasteiger partial charge in [0.25, 0.3) is 5.91 Å². The second-order valence-corrected chi connectivity index (χ2v) is 7.53. The number of anilines is 1. The van der Waals surface area contributed by atoms with Crippen LogP contribution in [0.5, 0.6) is 0 Å². The van der Waals surface area contributed by atoms with E-state index in [-0.39, 0.29) is 18.6 Å². The molecule has 3 N–H and O–H groups in total. The van der Waals surface area contributed by atoms with Crippen LogP contribution in [-0.2, 0) is 11.3 Å². The number of ether oxygens (including phenoxy) is 1. The number of fused-ring (bicyclic) bond motifs is 1. The zero-order valence-corrected chi connectivity index (χ0v) is 17.2. The van der Waals surface area contributed by atoms with Gasteiger partial charge in [-0.05, 0) is 37.5 Å². The van der Waals surface area contributed by atoms with Crippen LogP contribution in [0.3, 0.4) is 0 Å². The van der Waals surface area contributed by atoms with Crippen LogP contribution < -0.4 is 10.6 Å². The number of aromatic nitrogens is 2. The highest BCUT2D eigenvalue weighted by Gasteiger charge is 2.23. The number of hydrogen-bond donors (Lipinski definition) is 3. The summed E-state index contributed by atoms with van der Waals surface area (Å²) in [7, 11) is 0. The van der Waals surface area contributed by atoms with Gasteiger partial charge in [0, 0.05) is 31.2 Å². The van der Waals surface area contributed by atoms with Gasteiger partial charge in [0.2, 0.25) is 0 Å². The highest BCUT2D eigenvalue weighted by atomic mass is 16.5. The van der Waals surface area contributed by atoms with E-state index in [0.29, 0.717) is 18.8 Å². The SMILES string of the molecule is CCn1ncc2c(NC3CCOCC3)c(C(=O)N[C@H](CO)c3ccccc3)ccc21. The molecule has 1 aliphatic rings. The summed E-state index contributed by atoms with van der Waals surface area (Å²) in [6.45, 7) is 4.05. The number of amides is 1. The molecule has 1 amide bonds. The van der Waals surface area contributed by atoms with Crippen LogP contribution in [0.4, 0.5) is 5.69 Å². The molecule has 3 aromatic rings. The number of nitrogens with one attached hydrogen (secondary N) is 2. The molecule has 7 heteroatoms. The van der Waals surface area contributed by atoms with Crippen molar-refractivity contribution >= 4 is 22.5 Å². The Bertz CT molecular complexity index is 996. The van der Waals surface area contributed by atoms with Crippen molar-refractivity contribution in [2.75, 3.05) is 25.1 Å². The number of aliphatic hydroxyl groups excluding tert-OH is 1. The lowest BCUT2D eigenvalue weighted by atomic mass is 10.0. The van der Waals surface area contributed by atoms with E-state index in [1.807, 2.05) is 60.3 Å². The number of rotatable bonds is 7. The Balaban J connectivity index is 1.67. The summed E-state index contributed by atoms with van der Waals surface area (Å²) in [4.78, 5) is 13.3. The van der Waals surface area contributed by atoms with Crippen LogP contribution in [0.1, 0.15) is 41.7 Å². The average molecular weight is 409 g/mol. The number of carbonyl (C=O) groups excluding carboxylic acids is 1. The fourth-order valence-electron chi connectivity index (χ4n) is 3.95. The van der Waals surface area contributed by atoms with E-state index in [1.165, 1.54) is 0 Å². The number of benzene rings is 2. The van der Waals surface area contributed by atoms with Gasteiger partial charge in [0.1, 0.15) is 0 Å². The van der Waals surface area contributed by atoms with E-state index in [1.54, 1.807) is 0 Å². The van der Waals surface area contributed by atoms with E-state index in [0.717, 1.165) is 41.5 Å². The Morgan fingerprint density at radius 3 is 2.70 bits per heavy atom. The summed E-state index contributed by atoms with van der Waals surface area (Å²) in [6.07, 6.45) is 3.60. The molecule has 1 fully saturated rings. The molecule has 0 unspecified atom stereocenters. The van der Waals surface area contributed by atoms with Crippen molar-refractivity contribution in [1.82, 2.24) is 15.1 Å². The van der Waals surface area contributed by atoms with Gasteiger partial charge in [-0.1, -0.05) is 30.3 Å². The highest BCUT2D eigenvalue weighted by Crippen LogP contribution is 2.30. The third-order valence-corrected chi connectivity index (χ3v) is 5.63. The van der Waals surface area contributed by atoms with Crippen LogP contribution in [0.15, 0.2) is 48.7 Å². The van der Waals surface area contributed by atoms with Crippen molar-refractivity contribution in [2.24, 2.45) is 0 Å². The van der Waals surface area contributed by atoms with Crippen molar-refractivity contribution in [2.45, 2.75) is 38.4 Å². The lowest BCUT2D eigenvalue weighted by molar-refractivity contribution is 0.0901. The summed E-state index contributed by atoms with van der Waals surface area (Å²) in [5.41, 5.74) is 3.21. The zero-order valence-electron chi connectivity index (χ0n) is 17.2. The normalized spacial score (nSPS) is 15.8. The van der Waals surface area contributed by atoms with E-state index >= 15 is 0 Å². The topological polar surface area (TPSA) is 88.4 Å². The monoisotopic (exact) mass is 408 g/mol. The third-order valence-electron chi connectivity index (χ3n) is 5.63. The molecule has 4 rings (SSSR count). The van der Waals surface area contributed by atoms with Gasteiger partial charge in [-0.2, -0.15) is 5.10 Å². The molecule has 7 nitrogen and oxygen atoms in total. The molecule has 1 atom stereocenters. The van der Waals surface area contributed by atoms with Gasteiger partial charge in [-0.3, -0.25) is 9.48 Å². The largest absolute Gasteiger partial charge is 0.394 e. The predicted octanol–water partition coefficient (Wildman–Crippen LogP) is 3.11. The molecule has 0 radical (unpaired) electrons. The first-order valence-electron chi connectivity index (χ1n) is 10.5. The fourth-order valence-corrected chi connectivity index (χ4v) is 3.95. The number of carbonyl (C=O) groups is 1. The van der Waals surface area contributed by atoms with E-state index in [4.69, 9.17) is 4.74 Å². The van der Waals surface area contributed by atoms with Gasteiger partial charge in [0.05, 0.1) is 35.6 Å². The van der Waals surface area contributed by atoms with E-state index in [9.17, 15) is 9.90 Å². The minimum Gasteiger partial charge on any atom is -0.394 e. The Labute approximate surface area is 176 Å². The molecule has 0 saturated carbocycles. The maximum atomic E-state index is 13.3. The predicted molar refractivity (Wildman–Crippen MR) is 117 cm³/mol. The molecule has 1 saturated heterocycles. The standard InChI is InChI=1S/C23H28N4O3/c1-2-27-21-9-8-18(23(29)26-20(15-28)16-6-4-3-5-7-16)22(19(21)14-24-27)25-17-10-12-30-13-11-17/h3-9,14,17,20,25,28H,2,10-13,15H2,1H3,(H,26,29)/t20-/m1/s1. The van der Waals surface area contributed by atoms with E-state index < -0.39 is 6.04 Å². The van der Waals surface area contributed by atoms with Crippen molar-refractivity contribution in [3.63, 3.8) is 0 Å². The van der Waals surface area contributed by atoms with Crippen LogP contribution in [0, 0.1) is 0 Å². The van der Waals surface area contributed by atoms with Crippen LogP contribution in [0.25, 0.3) is 10.9 Å². The summed E-state index contributed by atoms with van der Waals surface area (Å²) < 4.78 is 7.40. The summed E-state index contributed by atoms with van der Waals surface area (Å²) in [5, 5.41) is 21.8. The Hall–Kier alpha value is -2.90. The molecule has 1 aliphatic heterocycles. The molecule has 158 valence electrons. The maximum absolute atomic E-state index is 13.3. The second kappa shape index (κ2) is 9.28. The summed E-state index contributed by atoms with van der Waals surface area (Å²) in [5.74, 6) is -0.224. The lowest BCUT2D eigenvalue weighted by Gasteiger charge is -2.26. The van der Waals surface area contributed by atoms with Gasteiger partial charge < -0.3 is 20.5 Å². The molecule has 1 aromatic heterocycles. The van der Waals surface area contributed by atoms with Gasteiger partial charge >= 0.3 is 0 Å². The maximum Gasteiger partial charge on any atom is 0.253 e. The molecular formula is C23H28N4O3. The summed E-state index contributed by atoms with van der Waals surface area (Å²) in [6, 6.07) is 13.1.